The first-order valence-electron chi connectivity index (χ1n) is 8.70. The molecule has 142 valence electrons. The second-order valence-electron chi connectivity index (χ2n) is 6.32. The molecular formula is C19H26N2O5. The number of rotatable bonds is 6. The molecule has 1 aromatic carbocycles. The lowest BCUT2D eigenvalue weighted by Crippen LogP contribution is -2.51. The van der Waals surface area contributed by atoms with Crippen LogP contribution in [0, 0.1) is 6.92 Å². The highest BCUT2D eigenvalue weighted by atomic mass is 16.5. The number of piperazine rings is 1. The Bertz CT molecular complexity index is 666. The minimum Gasteiger partial charge on any atom is -0.496 e. The second-order valence-corrected chi connectivity index (χ2v) is 6.32. The van der Waals surface area contributed by atoms with Gasteiger partial charge in [0.1, 0.15) is 5.75 Å². The van der Waals surface area contributed by atoms with Crippen molar-refractivity contribution in [3.05, 3.63) is 29.3 Å². The van der Waals surface area contributed by atoms with E-state index < -0.39 is 0 Å². The average molecular weight is 362 g/mol. The van der Waals surface area contributed by atoms with Crippen molar-refractivity contribution in [1.29, 1.82) is 0 Å². The summed E-state index contributed by atoms with van der Waals surface area (Å²) in [4.78, 5) is 39.2. The normalized spacial score (nSPS) is 14.1. The quantitative estimate of drug-likeness (QED) is 0.710. The number of aryl methyl sites for hydroxylation is 1. The summed E-state index contributed by atoms with van der Waals surface area (Å²) in [5.41, 5.74) is 1.95. The number of nitrogens with zero attached hydrogens (tertiary/aromatic N) is 2. The maximum Gasteiger partial charge on any atom is 0.306 e. The SMILES string of the molecule is COC(=O)CCC(=O)N1CCN(C(=O)Cc2ccc(OC)c(C)c2)CC1. The average Bonchev–Trinajstić information content (AvgIpc) is 2.66. The van der Waals surface area contributed by atoms with Gasteiger partial charge in [0.15, 0.2) is 0 Å². The summed E-state index contributed by atoms with van der Waals surface area (Å²) in [6.07, 6.45) is 0.568. The van der Waals surface area contributed by atoms with Crippen LogP contribution in [0.4, 0.5) is 0 Å². The summed E-state index contributed by atoms with van der Waals surface area (Å²) < 4.78 is 9.78. The number of esters is 1. The van der Waals surface area contributed by atoms with Gasteiger partial charge in [-0.3, -0.25) is 14.4 Å². The van der Waals surface area contributed by atoms with Gasteiger partial charge in [0.2, 0.25) is 11.8 Å². The van der Waals surface area contributed by atoms with Crippen LogP contribution in [-0.2, 0) is 25.5 Å². The Hall–Kier alpha value is -2.57. The number of carbonyl (C=O) groups excluding carboxylic acids is 3. The number of benzene rings is 1. The van der Waals surface area contributed by atoms with Gasteiger partial charge in [-0.25, -0.2) is 0 Å². The van der Waals surface area contributed by atoms with Gasteiger partial charge < -0.3 is 19.3 Å². The van der Waals surface area contributed by atoms with Gasteiger partial charge in [0.25, 0.3) is 0 Å². The molecule has 7 nitrogen and oxygen atoms in total. The molecule has 1 aromatic rings. The smallest absolute Gasteiger partial charge is 0.306 e. The molecule has 1 fully saturated rings. The van der Waals surface area contributed by atoms with Gasteiger partial charge in [0.05, 0.1) is 27.1 Å². The zero-order valence-electron chi connectivity index (χ0n) is 15.6. The topological polar surface area (TPSA) is 76.2 Å². The van der Waals surface area contributed by atoms with Crippen LogP contribution in [0.25, 0.3) is 0 Å². The molecule has 1 aliphatic heterocycles. The van der Waals surface area contributed by atoms with E-state index in [9.17, 15) is 14.4 Å². The van der Waals surface area contributed by atoms with Gasteiger partial charge in [0, 0.05) is 32.6 Å². The predicted octanol–water partition coefficient (Wildman–Crippen LogP) is 1.17. The van der Waals surface area contributed by atoms with Crippen molar-refractivity contribution in [3.8, 4) is 5.75 Å². The first-order chi connectivity index (χ1) is 12.4. The molecule has 0 N–H and O–H groups in total. The van der Waals surface area contributed by atoms with Crippen LogP contribution >= 0.6 is 0 Å². The molecule has 2 amide bonds. The minimum atomic E-state index is -0.387. The van der Waals surface area contributed by atoms with Crippen molar-refractivity contribution in [1.82, 2.24) is 9.80 Å². The van der Waals surface area contributed by atoms with Crippen molar-refractivity contribution in [2.24, 2.45) is 0 Å². The molecule has 0 radical (unpaired) electrons. The zero-order chi connectivity index (χ0) is 19.1. The molecule has 7 heteroatoms. The molecule has 1 heterocycles. The van der Waals surface area contributed by atoms with Crippen LogP contribution < -0.4 is 4.74 Å². The lowest BCUT2D eigenvalue weighted by molar-refractivity contribution is -0.144. The van der Waals surface area contributed by atoms with Crippen LogP contribution in [0.3, 0.4) is 0 Å². The molecule has 1 aliphatic rings. The number of ether oxygens (including phenoxy) is 2. The van der Waals surface area contributed by atoms with Crippen molar-refractivity contribution < 1.29 is 23.9 Å². The molecule has 0 bridgehead atoms. The van der Waals surface area contributed by atoms with Crippen molar-refractivity contribution >= 4 is 17.8 Å². The summed E-state index contributed by atoms with van der Waals surface area (Å²) in [5, 5.41) is 0. The van der Waals surface area contributed by atoms with Gasteiger partial charge in [-0.15, -0.1) is 0 Å². The standard InChI is InChI=1S/C19H26N2O5/c1-14-12-15(4-5-16(14)25-2)13-18(23)21-10-8-20(9-11-21)17(22)6-7-19(24)26-3/h4-5,12H,6-11,13H2,1-3H3. The lowest BCUT2D eigenvalue weighted by atomic mass is 10.1. The highest BCUT2D eigenvalue weighted by Gasteiger charge is 2.24. The molecule has 0 saturated carbocycles. The number of hydrogen-bond donors (Lipinski definition) is 0. The molecule has 1 saturated heterocycles. The van der Waals surface area contributed by atoms with Gasteiger partial charge >= 0.3 is 5.97 Å². The van der Waals surface area contributed by atoms with E-state index in [4.69, 9.17) is 4.74 Å². The zero-order valence-corrected chi connectivity index (χ0v) is 15.6. The molecule has 2 rings (SSSR count). The Morgan fingerprint density at radius 1 is 0.962 bits per heavy atom. The Labute approximate surface area is 153 Å². The van der Waals surface area contributed by atoms with Crippen molar-refractivity contribution in [3.63, 3.8) is 0 Å². The maximum atomic E-state index is 12.5. The number of hydrogen-bond acceptors (Lipinski definition) is 5. The van der Waals surface area contributed by atoms with E-state index in [1.807, 2.05) is 25.1 Å². The van der Waals surface area contributed by atoms with Crippen LogP contribution in [0.2, 0.25) is 0 Å². The van der Waals surface area contributed by atoms with E-state index in [1.165, 1.54) is 7.11 Å². The first kappa shape index (κ1) is 19.8. The Morgan fingerprint density at radius 3 is 2.12 bits per heavy atom. The fraction of sp³-hybridized carbons (Fsp3) is 0.526. The lowest BCUT2D eigenvalue weighted by Gasteiger charge is -2.35. The Morgan fingerprint density at radius 2 is 1.58 bits per heavy atom. The van der Waals surface area contributed by atoms with Gasteiger partial charge in [-0.05, 0) is 24.1 Å². The Kier molecular flexibility index (Phi) is 7.00. The van der Waals surface area contributed by atoms with E-state index in [0.717, 1.165) is 16.9 Å². The van der Waals surface area contributed by atoms with Crippen LogP contribution in [0.1, 0.15) is 24.0 Å². The number of amides is 2. The summed E-state index contributed by atoms with van der Waals surface area (Å²) in [6.45, 7) is 3.96. The molecule has 26 heavy (non-hydrogen) atoms. The fourth-order valence-corrected chi connectivity index (χ4v) is 3.01. The highest BCUT2D eigenvalue weighted by Crippen LogP contribution is 2.19. The van der Waals surface area contributed by atoms with Crippen molar-refractivity contribution in [2.45, 2.75) is 26.2 Å². The van der Waals surface area contributed by atoms with E-state index in [-0.39, 0.29) is 30.6 Å². The number of carbonyl (C=O) groups is 3. The van der Waals surface area contributed by atoms with E-state index >= 15 is 0 Å². The monoisotopic (exact) mass is 362 g/mol. The molecule has 0 spiro atoms. The Balaban J connectivity index is 1.81. The second kappa shape index (κ2) is 9.22. The van der Waals surface area contributed by atoms with E-state index in [2.05, 4.69) is 4.74 Å². The molecule has 0 unspecified atom stereocenters. The van der Waals surface area contributed by atoms with Gasteiger partial charge in [-0.1, -0.05) is 12.1 Å². The van der Waals surface area contributed by atoms with E-state index in [1.54, 1.807) is 16.9 Å². The maximum absolute atomic E-state index is 12.5. The third-order valence-corrected chi connectivity index (χ3v) is 4.57. The molecule has 0 aromatic heterocycles. The summed E-state index contributed by atoms with van der Waals surface area (Å²) in [6, 6.07) is 5.73. The molecule has 0 aliphatic carbocycles. The predicted molar refractivity (Wildman–Crippen MR) is 95.8 cm³/mol. The van der Waals surface area contributed by atoms with Crippen LogP contribution in [-0.4, -0.2) is 68.0 Å². The largest absolute Gasteiger partial charge is 0.496 e. The van der Waals surface area contributed by atoms with Crippen LogP contribution in [0.5, 0.6) is 5.75 Å². The van der Waals surface area contributed by atoms with E-state index in [0.29, 0.717) is 32.6 Å². The highest BCUT2D eigenvalue weighted by molar-refractivity contribution is 5.82. The summed E-state index contributed by atoms with van der Waals surface area (Å²) in [5.74, 6) is 0.395. The third kappa shape index (κ3) is 5.21. The minimum absolute atomic E-state index is 0.0521. The van der Waals surface area contributed by atoms with Gasteiger partial charge in [-0.2, -0.15) is 0 Å². The van der Waals surface area contributed by atoms with Crippen molar-refractivity contribution in [2.75, 3.05) is 40.4 Å². The number of methoxy groups -OCH3 is 2. The summed E-state index contributed by atoms with van der Waals surface area (Å²) in [7, 11) is 2.93. The molecule has 0 atom stereocenters. The molecular weight excluding hydrogens is 336 g/mol. The third-order valence-electron chi connectivity index (χ3n) is 4.57. The summed E-state index contributed by atoms with van der Waals surface area (Å²) >= 11 is 0. The first-order valence-corrected chi connectivity index (χ1v) is 8.70. The fourth-order valence-electron chi connectivity index (χ4n) is 3.01. The van der Waals surface area contributed by atoms with Crippen LogP contribution in [0.15, 0.2) is 18.2 Å².